The molecule has 0 aliphatic heterocycles. The zero-order valence-corrected chi connectivity index (χ0v) is 16.3. The van der Waals surface area contributed by atoms with Crippen LogP contribution in [0.2, 0.25) is 0 Å². The maximum absolute atomic E-state index is 12.3. The third-order valence-corrected chi connectivity index (χ3v) is 7.62. The van der Waals surface area contributed by atoms with E-state index >= 15 is 0 Å². The summed E-state index contributed by atoms with van der Waals surface area (Å²) >= 11 is 0. The molecule has 124 valence electrons. The Labute approximate surface area is 150 Å². The number of hydrogen-bond donors (Lipinski definition) is 0. The fourth-order valence-electron chi connectivity index (χ4n) is 2.27. The molecule has 1 nitrogen and oxygen atoms in total. The predicted octanol–water partition coefficient (Wildman–Crippen LogP) is 5.94. The molecule has 0 heterocycles. The van der Waals surface area contributed by atoms with Crippen molar-refractivity contribution in [1.82, 2.24) is 0 Å². The molecule has 0 saturated heterocycles. The largest absolute Gasteiger partial charge is 0.259 e. The van der Waals surface area contributed by atoms with Crippen LogP contribution in [0.4, 0.5) is 0 Å². The number of rotatable bonds is 8. The van der Waals surface area contributed by atoms with Crippen molar-refractivity contribution in [3.63, 3.8) is 0 Å². The highest BCUT2D eigenvalue weighted by atomic mass is 33.1. The lowest BCUT2D eigenvalue weighted by Gasteiger charge is -2.16. The van der Waals surface area contributed by atoms with E-state index in [2.05, 4.69) is 50.2 Å². The molecule has 3 unspecified atom stereocenters. The average molecular weight is 365 g/mol. The van der Waals surface area contributed by atoms with E-state index in [0.29, 0.717) is 0 Å². The zero-order chi connectivity index (χ0) is 16.7. The molecule has 0 bridgehead atoms. The molecule has 0 N–H and O–H groups in total. The van der Waals surface area contributed by atoms with Gasteiger partial charge in [-0.25, -0.2) is 0 Å². The summed E-state index contributed by atoms with van der Waals surface area (Å²) in [5.74, 6) is 1.91. The van der Waals surface area contributed by atoms with Gasteiger partial charge in [-0.1, -0.05) is 84.3 Å². The summed E-state index contributed by atoms with van der Waals surface area (Å²) in [6.07, 6.45) is 3.01. The average Bonchev–Trinajstić information content (AvgIpc) is 2.56. The first-order chi connectivity index (χ1) is 11.1. The molecular formula is C19H24OS3. The Hall–Kier alpha value is -0.710. The lowest BCUT2D eigenvalue weighted by atomic mass is 10.0. The van der Waals surface area contributed by atoms with E-state index in [-0.39, 0.29) is 5.25 Å². The van der Waals surface area contributed by atoms with Gasteiger partial charge in [0.15, 0.2) is 0 Å². The van der Waals surface area contributed by atoms with Crippen LogP contribution in [0.5, 0.6) is 0 Å². The minimum Gasteiger partial charge on any atom is -0.259 e. The Morgan fingerprint density at radius 2 is 1.74 bits per heavy atom. The van der Waals surface area contributed by atoms with Crippen LogP contribution in [-0.2, 0) is 10.8 Å². The fourth-order valence-corrected chi connectivity index (χ4v) is 5.95. The second kappa shape index (κ2) is 9.55. The summed E-state index contributed by atoms with van der Waals surface area (Å²) in [5, 5.41) is -0.0590. The first kappa shape index (κ1) is 18.6. The summed E-state index contributed by atoms with van der Waals surface area (Å²) in [6, 6.07) is 18.6. The van der Waals surface area contributed by atoms with Crippen LogP contribution in [0.25, 0.3) is 0 Å². The van der Waals surface area contributed by atoms with Crippen LogP contribution >= 0.6 is 21.6 Å². The Morgan fingerprint density at radius 1 is 1.04 bits per heavy atom. The van der Waals surface area contributed by atoms with Crippen molar-refractivity contribution in [2.75, 3.05) is 12.0 Å². The van der Waals surface area contributed by atoms with Crippen molar-refractivity contribution in [2.45, 2.75) is 30.4 Å². The standard InChI is InChI=1S/C19H24OS3/c1-4-15(2)14-21-22-18-12-8-11-17(13-18)19(23(3)20)16-9-6-5-7-10-16/h5-13,15,19H,4,14H2,1-3H3. The number of hydrogen-bond acceptors (Lipinski definition) is 3. The highest BCUT2D eigenvalue weighted by molar-refractivity contribution is 8.76. The molecule has 0 saturated carbocycles. The van der Waals surface area contributed by atoms with E-state index < -0.39 is 10.8 Å². The van der Waals surface area contributed by atoms with Crippen LogP contribution in [0, 0.1) is 5.92 Å². The third-order valence-electron chi connectivity index (χ3n) is 3.80. The molecule has 0 amide bonds. The van der Waals surface area contributed by atoms with Gasteiger partial charge in [-0.05, 0) is 29.2 Å². The van der Waals surface area contributed by atoms with Crippen molar-refractivity contribution in [1.29, 1.82) is 0 Å². The molecule has 0 fully saturated rings. The van der Waals surface area contributed by atoms with E-state index in [0.717, 1.165) is 22.8 Å². The van der Waals surface area contributed by atoms with Crippen molar-refractivity contribution in [2.24, 2.45) is 5.92 Å². The van der Waals surface area contributed by atoms with Gasteiger partial charge in [0.1, 0.15) is 0 Å². The van der Waals surface area contributed by atoms with Gasteiger partial charge in [-0.15, -0.1) is 0 Å². The van der Waals surface area contributed by atoms with E-state index in [1.54, 1.807) is 6.26 Å². The van der Waals surface area contributed by atoms with Crippen LogP contribution < -0.4 is 0 Å². The van der Waals surface area contributed by atoms with Gasteiger partial charge in [0.25, 0.3) is 0 Å². The highest BCUT2D eigenvalue weighted by Gasteiger charge is 2.18. The lowest BCUT2D eigenvalue weighted by Crippen LogP contribution is -2.06. The quantitative estimate of drug-likeness (QED) is 0.539. The smallest absolute Gasteiger partial charge is 0.0844 e. The first-order valence-electron chi connectivity index (χ1n) is 7.88. The SMILES string of the molecule is CCC(C)CSSc1cccc(C(c2ccccc2)S(C)=O)c1. The summed E-state index contributed by atoms with van der Waals surface area (Å²) in [5.41, 5.74) is 2.24. The Morgan fingerprint density at radius 3 is 2.39 bits per heavy atom. The molecule has 0 radical (unpaired) electrons. The maximum Gasteiger partial charge on any atom is 0.0844 e. The minimum atomic E-state index is -0.944. The monoisotopic (exact) mass is 364 g/mol. The Kier molecular flexibility index (Phi) is 7.74. The summed E-state index contributed by atoms with van der Waals surface area (Å²) < 4.78 is 12.3. The van der Waals surface area contributed by atoms with E-state index in [1.807, 2.05) is 39.8 Å². The minimum absolute atomic E-state index is 0.0590. The van der Waals surface area contributed by atoms with Gasteiger partial charge in [-0.2, -0.15) is 0 Å². The van der Waals surface area contributed by atoms with E-state index in [1.165, 1.54) is 11.3 Å². The van der Waals surface area contributed by atoms with Crippen LogP contribution in [0.15, 0.2) is 59.5 Å². The van der Waals surface area contributed by atoms with Crippen LogP contribution in [0.3, 0.4) is 0 Å². The summed E-state index contributed by atoms with van der Waals surface area (Å²) in [7, 11) is 2.78. The van der Waals surface area contributed by atoms with Gasteiger partial charge in [0, 0.05) is 27.7 Å². The molecule has 3 atom stereocenters. The molecule has 0 spiro atoms. The van der Waals surface area contributed by atoms with Crippen molar-refractivity contribution in [3.05, 3.63) is 65.7 Å². The lowest BCUT2D eigenvalue weighted by molar-refractivity contribution is 0.638. The van der Waals surface area contributed by atoms with Gasteiger partial charge in [-0.3, -0.25) is 4.21 Å². The topological polar surface area (TPSA) is 17.1 Å². The normalized spacial score (nSPS) is 15.1. The molecule has 0 aromatic heterocycles. The fraction of sp³-hybridized carbons (Fsp3) is 0.368. The molecule has 0 aliphatic rings. The second-order valence-corrected chi connectivity index (χ2v) is 9.63. The van der Waals surface area contributed by atoms with Gasteiger partial charge in [0.05, 0.1) is 5.25 Å². The molecule has 23 heavy (non-hydrogen) atoms. The highest BCUT2D eigenvalue weighted by Crippen LogP contribution is 2.36. The van der Waals surface area contributed by atoms with Crippen molar-refractivity contribution >= 4 is 32.4 Å². The Bertz CT molecular complexity index is 628. The van der Waals surface area contributed by atoms with E-state index in [4.69, 9.17) is 0 Å². The summed E-state index contributed by atoms with van der Waals surface area (Å²) in [6.45, 7) is 4.52. The molecule has 2 rings (SSSR count). The molecule has 0 aliphatic carbocycles. The van der Waals surface area contributed by atoms with Gasteiger partial charge < -0.3 is 0 Å². The third kappa shape index (κ3) is 5.70. The predicted molar refractivity (Wildman–Crippen MR) is 107 cm³/mol. The Balaban J connectivity index is 2.15. The van der Waals surface area contributed by atoms with Crippen molar-refractivity contribution < 1.29 is 4.21 Å². The van der Waals surface area contributed by atoms with Gasteiger partial charge >= 0.3 is 0 Å². The molecule has 2 aromatic carbocycles. The van der Waals surface area contributed by atoms with E-state index in [9.17, 15) is 4.21 Å². The van der Waals surface area contributed by atoms with Gasteiger partial charge in [0.2, 0.25) is 0 Å². The summed E-state index contributed by atoms with van der Waals surface area (Å²) in [4.78, 5) is 1.24. The second-order valence-electron chi connectivity index (χ2n) is 5.74. The first-order valence-corrected chi connectivity index (χ1v) is 11.8. The van der Waals surface area contributed by atoms with Crippen LogP contribution in [0.1, 0.15) is 36.6 Å². The number of benzene rings is 2. The van der Waals surface area contributed by atoms with Crippen LogP contribution in [-0.4, -0.2) is 16.2 Å². The zero-order valence-electron chi connectivity index (χ0n) is 13.9. The molecule has 2 aromatic rings. The molecular weight excluding hydrogens is 340 g/mol. The van der Waals surface area contributed by atoms with Crippen molar-refractivity contribution in [3.8, 4) is 0 Å². The maximum atomic E-state index is 12.3. The molecule has 4 heteroatoms.